The van der Waals surface area contributed by atoms with E-state index in [4.69, 9.17) is 0 Å². The summed E-state index contributed by atoms with van der Waals surface area (Å²) in [5.41, 5.74) is 1.69. The Labute approximate surface area is 117 Å². The fourth-order valence-corrected chi connectivity index (χ4v) is 2.06. The number of aryl methyl sites for hydroxylation is 1. The summed E-state index contributed by atoms with van der Waals surface area (Å²) < 4.78 is 0. The average Bonchev–Trinajstić information content (AvgIpc) is 2.39. The van der Waals surface area contributed by atoms with Gasteiger partial charge in [0.25, 0.3) is 5.91 Å². The van der Waals surface area contributed by atoms with Crippen LogP contribution in [0.4, 0.5) is 0 Å². The molecule has 5 nitrogen and oxygen atoms in total. The van der Waals surface area contributed by atoms with Crippen LogP contribution in [0.2, 0.25) is 0 Å². The van der Waals surface area contributed by atoms with Crippen LogP contribution in [0.5, 0.6) is 0 Å². The first-order chi connectivity index (χ1) is 9.50. The molecule has 0 saturated heterocycles. The van der Waals surface area contributed by atoms with Crippen LogP contribution in [0.1, 0.15) is 15.9 Å². The van der Waals surface area contributed by atoms with Crippen molar-refractivity contribution in [2.24, 2.45) is 0 Å². The molecule has 0 aliphatic carbocycles. The molecule has 1 aromatic heterocycles. The third-order valence-electron chi connectivity index (χ3n) is 3.21. The Morgan fingerprint density at radius 2 is 2.10 bits per heavy atom. The van der Waals surface area contributed by atoms with Crippen molar-refractivity contribution in [3.05, 3.63) is 45.7 Å². The second-order valence-electron chi connectivity index (χ2n) is 5.09. The molecule has 1 aromatic carbocycles. The Morgan fingerprint density at radius 1 is 1.35 bits per heavy atom. The summed E-state index contributed by atoms with van der Waals surface area (Å²) in [6, 6.07) is 5.48. The molecule has 0 radical (unpaired) electrons. The number of aromatic nitrogens is 1. The van der Waals surface area contributed by atoms with Gasteiger partial charge in [-0.05, 0) is 32.6 Å². The van der Waals surface area contributed by atoms with Crippen LogP contribution in [-0.2, 0) is 0 Å². The third kappa shape index (κ3) is 2.88. The summed E-state index contributed by atoms with van der Waals surface area (Å²) in [4.78, 5) is 29.4. The molecule has 2 rings (SSSR count). The molecule has 106 valence electrons. The van der Waals surface area contributed by atoms with Gasteiger partial charge < -0.3 is 15.2 Å². The Kier molecular flexibility index (Phi) is 4.20. The number of hydrogen-bond acceptors (Lipinski definition) is 3. The number of fused-ring (bicyclic) bond motifs is 1. The fourth-order valence-electron chi connectivity index (χ4n) is 2.06. The maximum Gasteiger partial charge on any atom is 0.256 e. The van der Waals surface area contributed by atoms with E-state index in [1.165, 1.54) is 6.20 Å². The largest absolute Gasteiger partial charge is 0.360 e. The molecule has 0 spiro atoms. The van der Waals surface area contributed by atoms with Gasteiger partial charge in [0, 0.05) is 24.7 Å². The first-order valence-corrected chi connectivity index (χ1v) is 6.54. The molecule has 20 heavy (non-hydrogen) atoms. The molecule has 0 fully saturated rings. The highest BCUT2D eigenvalue weighted by molar-refractivity contribution is 5.97. The SMILES string of the molecule is Cc1cccc2c(=O)c(C(=O)NCCN(C)C)c[nH]c12. The van der Waals surface area contributed by atoms with E-state index in [2.05, 4.69) is 10.3 Å². The number of benzene rings is 1. The first-order valence-electron chi connectivity index (χ1n) is 6.54. The number of nitrogens with zero attached hydrogens (tertiary/aromatic N) is 1. The molecule has 1 heterocycles. The van der Waals surface area contributed by atoms with E-state index in [1.54, 1.807) is 6.07 Å². The molecule has 5 heteroatoms. The molecule has 0 unspecified atom stereocenters. The van der Waals surface area contributed by atoms with Crippen molar-refractivity contribution in [2.75, 3.05) is 27.2 Å². The molecule has 0 aliphatic rings. The second kappa shape index (κ2) is 5.88. The minimum atomic E-state index is -0.337. The van der Waals surface area contributed by atoms with Crippen LogP contribution >= 0.6 is 0 Å². The maximum absolute atomic E-state index is 12.3. The van der Waals surface area contributed by atoms with Gasteiger partial charge in [-0.3, -0.25) is 9.59 Å². The number of pyridine rings is 1. The first kappa shape index (κ1) is 14.3. The van der Waals surface area contributed by atoms with Crippen molar-refractivity contribution in [3.8, 4) is 0 Å². The number of carbonyl (C=O) groups is 1. The standard InChI is InChI=1S/C15H19N3O2/c1-10-5-4-6-11-13(10)17-9-12(14(11)19)15(20)16-7-8-18(2)3/h4-6,9H,7-8H2,1-3H3,(H,16,20)(H,17,19). The molecular weight excluding hydrogens is 254 g/mol. The number of para-hydroxylation sites is 1. The highest BCUT2D eigenvalue weighted by atomic mass is 16.2. The highest BCUT2D eigenvalue weighted by Gasteiger charge is 2.13. The van der Waals surface area contributed by atoms with Crippen LogP contribution in [0.3, 0.4) is 0 Å². The number of nitrogens with one attached hydrogen (secondary N) is 2. The summed E-state index contributed by atoms with van der Waals surface area (Å²) in [5.74, 6) is -0.337. The lowest BCUT2D eigenvalue weighted by Crippen LogP contribution is -2.34. The van der Waals surface area contributed by atoms with Crippen molar-refractivity contribution < 1.29 is 4.79 Å². The zero-order valence-corrected chi connectivity index (χ0v) is 12.0. The molecule has 0 saturated carbocycles. The number of aromatic amines is 1. The summed E-state index contributed by atoms with van der Waals surface area (Å²) in [6.07, 6.45) is 1.49. The van der Waals surface area contributed by atoms with Crippen LogP contribution in [0.15, 0.2) is 29.2 Å². The van der Waals surface area contributed by atoms with Crippen molar-refractivity contribution in [1.82, 2.24) is 15.2 Å². The summed E-state index contributed by atoms with van der Waals surface area (Å²) >= 11 is 0. The van der Waals surface area contributed by atoms with Gasteiger partial charge in [0.1, 0.15) is 5.56 Å². The smallest absolute Gasteiger partial charge is 0.256 e. The minimum Gasteiger partial charge on any atom is -0.360 e. The van der Waals surface area contributed by atoms with Gasteiger partial charge in [-0.15, -0.1) is 0 Å². The maximum atomic E-state index is 12.3. The fraction of sp³-hybridized carbons (Fsp3) is 0.333. The number of H-pyrrole nitrogens is 1. The predicted molar refractivity (Wildman–Crippen MR) is 80.2 cm³/mol. The Bertz CT molecular complexity index is 689. The normalized spacial score (nSPS) is 11.0. The van der Waals surface area contributed by atoms with E-state index in [9.17, 15) is 9.59 Å². The molecular formula is C15H19N3O2. The molecule has 0 aliphatic heterocycles. The summed E-state index contributed by atoms with van der Waals surface area (Å²) in [5, 5.41) is 3.30. The molecule has 0 atom stereocenters. The van der Waals surface area contributed by atoms with E-state index < -0.39 is 0 Å². The Hall–Kier alpha value is -2.14. The van der Waals surface area contributed by atoms with Gasteiger partial charge in [0.2, 0.25) is 5.43 Å². The van der Waals surface area contributed by atoms with Crippen molar-refractivity contribution in [1.29, 1.82) is 0 Å². The lowest BCUT2D eigenvalue weighted by atomic mass is 10.1. The average molecular weight is 273 g/mol. The van der Waals surface area contributed by atoms with E-state index in [1.807, 2.05) is 38.1 Å². The monoisotopic (exact) mass is 273 g/mol. The van der Waals surface area contributed by atoms with Crippen LogP contribution in [0, 0.1) is 6.92 Å². The van der Waals surface area contributed by atoms with Crippen LogP contribution < -0.4 is 10.7 Å². The number of hydrogen-bond donors (Lipinski definition) is 2. The zero-order valence-electron chi connectivity index (χ0n) is 12.0. The molecule has 2 aromatic rings. The van der Waals surface area contributed by atoms with E-state index in [0.717, 1.165) is 17.6 Å². The van der Waals surface area contributed by atoms with Crippen molar-refractivity contribution in [3.63, 3.8) is 0 Å². The Balaban J connectivity index is 2.29. The van der Waals surface area contributed by atoms with Crippen LogP contribution in [0.25, 0.3) is 10.9 Å². The second-order valence-corrected chi connectivity index (χ2v) is 5.09. The van der Waals surface area contributed by atoms with Gasteiger partial charge in [0.05, 0.1) is 5.52 Å². The van der Waals surface area contributed by atoms with Gasteiger partial charge in [-0.2, -0.15) is 0 Å². The zero-order chi connectivity index (χ0) is 14.7. The minimum absolute atomic E-state index is 0.154. The number of likely N-dealkylation sites (N-methyl/N-ethyl adjacent to an activating group) is 1. The lowest BCUT2D eigenvalue weighted by molar-refractivity contribution is 0.0950. The predicted octanol–water partition coefficient (Wildman–Crippen LogP) is 1.13. The van der Waals surface area contributed by atoms with Gasteiger partial charge in [-0.1, -0.05) is 12.1 Å². The van der Waals surface area contributed by atoms with E-state index in [0.29, 0.717) is 11.9 Å². The highest BCUT2D eigenvalue weighted by Crippen LogP contribution is 2.12. The quantitative estimate of drug-likeness (QED) is 0.877. The van der Waals surface area contributed by atoms with Crippen molar-refractivity contribution >= 4 is 16.8 Å². The van der Waals surface area contributed by atoms with E-state index >= 15 is 0 Å². The van der Waals surface area contributed by atoms with Crippen molar-refractivity contribution in [2.45, 2.75) is 6.92 Å². The number of carbonyl (C=O) groups excluding carboxylic acids is 1. The molecule has 1 amide bonds. The molecule has 2 N–H and O–H groups in total. The summed E-state index contributed by atoms with van der Waals surface area (Å²) in [6.45, 7) is 3.17. The van der Waals surface area contributed by atoms with Crippen LogP contribution in [-0.4, -0.2) is 43.0 Å². The lowest BCUT2D eigenvalue weighted by Gasteiger charge is -2.10. The number of amides is 1. The Morgan fingerprint density at radius 3 is 2.80 bits per heavy atom. The van der Waals surface area contributed by atoms with E-state index in [-0.39, 0.29) is 16.9 Å². The topological polar surface area (TPSA) is 65.2 Å². The van der Waals surface area contributed by atoms with Gasteiger partial charge >= 0.3 is 0 Å². The molecule has 0 bridgehead atoms. The number of rotatable bonds is 4. The van der Waals surface area contributed by atoms with Gasteiger partial charge in [-0.25, -0.2) is 0 Å². The van der Waals surface area contributed by atoms with Gasteiger partial charge in [0.15, 0.2) is 0 Å². The third-order valence-corrected chi connectivity index (χ3v) is 3.21. The summed E-state index contributed by atoms with van der Waals surface area (Å²) in [7, 11) is 3.86.